The van der Waals surface area contributed by atoms with Crippen molar-refractivity contribution in [1.82, 2.24) is 5.32 Å². The first-order chi connectivity index (χ1) is 8.66. The minimum atomic E-state index is -0.102. The number of thiophene rings is 1. The second-order valence-electron chi connectivity index (χ2n) is 4.20. The molecule has 5 heteroatoms. The maximum absolute atomic E-state index is 11.9. The lowest BCUT2D eigenvalue weighted by Crippen LogP contribution is -2.32. The maximum atomic E-state index is 11.9. The van der Waals surface area contributed by atoms with Gasteiger partial charge in [-0.15, -0.1) is 11.3 Å². The fourth-order valence-corrected chi connectivity index (χ4v) is 2.40. The van der Waals surface area contributed by atoms with Crippen molar-refractivity contribution in [3.63, 3.8) is 0 Å². The summed E-state index contributed by atoms with van der Waals surface area (Å²) < 4.78 is 5.25. The third kappa shape index (κ3) is 3.13. The van der Waals surface area contributed by atoms with Crippen LogP contribution in [0.1, 0.15) is 28.8 Å². The summed E-state index contributed by atoms with van der Waals surface area (Å²) >= 11 is 1.36. The number of rotatable bonds is 5. The van der Waals surface area contributed by atoms with Crippen LogP contribution in [-0.2, 0) is 6.42 Å². The number of aryl methyl sites for hydroxylation is 1. The minimum Gasteiger partial charge on any atom is -0.469 e. The van der Waals surface area contributed by atoms with E-state index in [2.05, 4.69) is 5.32 Å². The molecule has 4 nitrogen and oxygen atoms in total. The van der Waals surface area contributed by atoms with Crippen LogP contribution >= 0.6 is 11.3 Å². The molecule has 0 aromatic carbocycles. The molecule has 0 bridgehead atoms. The first-order valence-corrected chi connectivity index (χ1v) is 6.71. The predicted molar refractivity (Wildman–Crippen MR) is 72.7 cm³/mol. The van der Waals surface area contributed by atoms with Gasteiger partial charge in [0.2, 0.25) is 0 Å². The molecule has 0 aliphatic rings. The van der Waals surface area contributed by atoms with Crippen LogP contribution < -0.4 is 11.1 Å². The van der Waals surface area contributed by atoms with Gasteiger partial charge in [-0.05, 0) is 36.9 Å². The summed E-state index contributed by atoms with van der Waals surface area (Å²) in [7, 11) is 0. The highest BCUT2D eigenvalue weighted by Crippen LogP contribution is 2.18. The molecule has 0 saturated carbocycles. The summed E-state index contributed by atoms with van der Waals surface area (Å²) in [5.41, 5.74) is 6.24. The number of amides is 1. The van der Waals surface area contributed by atoms with Crippen LogP contribution in [0.15, 0.2) is 34.3 Å². The zero-order chi connectivity index (χ0) is 13.0. The summed E-state index contributed by atoms with van der Waals surface area (Å²) in [6.45, 7) is 1.98. The Labute approximate surface area is 110 Å². The van der Waals surface area contributed by atoms with Crippen molar-refractivity contribution in [3.8, 4) is 0 Å². The average molecular weight is 264 g/mol. The molecular weight excluding hydrogens is 248 g/mol. The second-order valence-corrected chi connectivity index (χ2v) is 5.11. The number of nitrogens with two attached hydrogens (primary N) is 1. The van der Waals surface area contributed by atoms with Gasteiger partial charge in [-0.3, -0.25) is 4.79 Å². The lowest BCUT2D eigenvalue weighted by molar-refractivity contribution is 0.0943. The van der Waals surface area contributed by atoms with Crippen molar-refractivity contribution in [2.75, 3.05) is 5.73 Å². The molecule has 0 saturated heterocycles. The van der Waals surface area contributed by atoms with Crippen LogP contribution in [0.5, 0.6) is 0 Å². The van der Waals surface area contributed by atoms with Crippen molar-refractivity contribution in [2.45, 2.75) is 25.8 Å². The van der Waals surface area contributed by atoms with Crippen LogP contribution in [-0.4, -0.2) is 11.9 Å². The van der Waals surface area contributed by atoms with Crippen LogP contribution in [0.3, 0.4) is 0 Å². The third-order valence-electron chi connectivity index (χ3n) is 2.68. The van der Waals surface area contributed by atoms with Crippen LogP contribution in [0, 0.1) is 0 Å². The summed E-state index contributed by atoms with van der Waals surface area (Å²) in [6, 6.07) is 5.63. The first kappa shape index (κ1) is 12.7. The monoisotopic (exact) mass is 264 g/mol. The molecule has 0 spiro atoms. The molecule has 0 fully saturated rings. The van der Waals surface area contributed by atoms with E-state index >= 15 is 0 Å². The number of nitrogens with one attached hydrogen (secondary N) is 1. The zero-order valence-corrected chi connectivity index (χ0v) is 11.0. The predicted octanol–water partition coefficient (Wildman–Crippen LogP) is 2.67. The van der Waals surface area contributed by atoms with Crippen LogP contribution in [0.4, 0.5) is 5.69 Å². The highest BCUT2D eigenvalue weighted by molar-refractivity contribution is 7.12. The SMILES string of the molecule is CC(CCc1ccco1)NC(=O)c1sccc1N. The van der Waals surface area contributed by atoms with Gasteiger partial charge in [-0.25, -0.2) is 0 Å². The molecular formula is C13H16N2O2S. The highest BCUT2D eigenvalue weighted by Gasteiger charge is 2.13. The molecule has 1 amide bonds. The Morgan fingerprint density at radius 1 is 1.56 bits per heavy atom. The Bertz CT molecular complexity index is 505. The van der Waals surface area contributed by atoms with Crippen molar-refractivity contribution in [3.05, 3.63) is 40.5 Å². The molecule has 1 unspecified atom stereocenters. The van der Waals surface area contributed by atoms with E-state index in [4.69, 9.17) is 10.2 Å². The topological polar surface area (TPSA) is 68.3 Å². The smallest absolute Gasteiger partial charge is 0.263 e. The number of furan rings is 1. The number of hydrogen-bond donors (Lipinski definition) is 2. The van der Waals surface area contributed by atoms with Crippen molar-refractivity contribution in [2.24, 2.45) is 0 Å². The van der Waals surface area contributed by atoms with Gasteiger partial charge in [-0.1, -0.05) is 0 Å². The number of anilines is 1. The van der Waals surface area contributed by atoms with E-state index in [1.165, 1.54) is 11.3 Å². The first-order valence-electron chi connectivity index (χ1n) is 5.83. The van der Waals surface area contributed by atoms with Crippen LogP contribution in [0.25, 0.3) is 0 Å². The second kappa shape index (κ2) is 5.73. The lowest BCUT2D eigenvalue weighted by atomic mass is 10.1. The van der Waals surface area contributed by atoms with E-state index in [1.54, 1.807) is 12.3 Å². The number of carbonyl (C=O) groups is 1. The Kier molecular flexibility index (Phi) is 4.04. The molecule has 2 heterocycles. The maximum Gasteiger partial charge on any atom is 0.263 e. The van der Waals surface area contributed by atoms with E-state index in [1.807, 2.05) is 24.4 Å². The van der Waals surface area contributed by atoms with Gasteiger partial charge in [0, 0.05) is 12.5 Å². The van der Waals surface area contributed by atoms with Gasteiger partial charge >= 0.3 is 0 Å². The normalized spacial score (nSPS) is 12.3. The highest BCUT2D eigenvalue weighted by atomic mass is 32.1. The van der Waals surface area contributed by atoms with E-state index in [9.17, 15) is 4.79 Å². The quantitative estimate of drug-likeness (QED) is 0.872. The van der Waals surface area contributed by atoms with Gasteiger partial charge in [-0.2, -0.15) is 0 Å². The van der Waals surface area contributed by atoms with Gasteiger partial charge in [0.05, 0.1) is 12.0 Å². The molecule has 2 aromatic heterocycles. The Morgan fingerprint density at radius 3 is 3.00 bits per heavy atom. The van der Waals surface area contributed by atoms with E-state index < -0.39 is 0 Å². The molecule has 3 N–H and O–H groups in total. The van der Waals surface area contributed by atoms with Gasteiger partial charge in [0.15, 0.2) is 0 Å². The Hall–Kier alpha value is -1.75. The number of hydrogen-bond acceptors (Lipinski definition) is 4. The van der Waals surface area contributed by atoms with Crippen molar-refractivity contribution < 1.29 is 9.21 Å². The molecule has 0 aliphatic heterocycles. The van der Waals surface area contributed by atoms with Crippen molar-refractivity contribution in [1.29, 1.82) is 0 Å². The molecule has 1 atom stereocenters. The van der Waals surface area contributed by atoms with Gasteiger partial charge in [0.1, 0.15) is 10.6 Å². The molecule has 18 heavy (non-hydrogen) atoms. The lowest BCUT2D eigenvalue weighted by Gasteiger charge is -2.12. The van der Waals surface area contributed by atoms with E-state index in [0.717, 1.165) is 18.6 Å². The minimum absolute atomic E-state index is 0.0871. The summed E-state index contributed by atoms with van der Waals surface area (Å²) in [5, 5.41) is 4.75. The largest absolute Gasteiger partial charge is 0.469 e. The summed E-state index contributed by atoms with van der Waals surface area (Å²) in [6.07, 6.45) is 3.31. The number of nitrogen functional groups attached to an aromatic ring is 1. The third-order valence-corrected chi connectivity index (χ3v) is 3.61. The summed E-state index contributed by atoms with van der Waals surface area (Å²) in [4.78, 5) is 12.5. The van der Waals surface area contributed by atoms with Gasteiger partial charge in [0.25, 0.3) is 5.91 Å². The molecule has 2 aromatic rings. The standard InChI is InChI=1S/C13H16N2O2S/c1-9(4-5-10-3-2-7-17-10)15-13(16)12-11(14)6-8-18-12/h2-3,6-9H,4-5,14H2,1H3,(H,15,16). The fraction of sp³-hybridized carbons (Fsp3) is 0.308. The molecule has 0 radical (unpaired) electrons. The molecule has 2 rings (SSSR count). The molecule has 96 valence electrons. The van der Waals surface area contributed by atoms with Gasteiger partial charge < -0.3 is 15.5 Å². The molecule has 0 aliphatic carbocycles. The Balaban J connectivity index is 1.82. The zero-order valence-electron chi connectivity index (χ0n) is 10.2. The van der Waals surface area contributed by atoms with Crippen molar-refractivity contribution >= 4 is 22.9 Å². The fourth-order valence-electron chi connectivity index (χ4n) is 1.68. The Morgan fingerprint density at radius 2 is 2.39 bits per heavy atom. The average Bonchev–Trinajstić information content (AvgIpc) is 2.97. The van der Waals surface area contributed by atoms with E-state index in [-0.39, 0.29) is 11.9 Å². The van der Waals surface area contributed by atoms with Crippen LogP contribution in [0.2, 0.25) is 0 Å². The van der Waals surface area contributed by atoms with E-state index in [0.29, 0.717) is 10.6 Å². The number of carbonyl (C=O) groups excluding carboxylic acids is 1. The summed E-state index contributed by atoms with van der Waals surface area (Å²) in [5.74, 6) is 0.834.